The van der Waals surface area contributed by atoms with Crippen LogP contribution < -0.4 is 5.32 Å². The van der Waals surface area contributed by atoms with Crippen molar-refractivity contribution < 1.29 is 8.91 Å². The van der Waals surface area contributed by atoms with Crippen molar-refractivity contribution in [1.29, 1.82) is 0 Å². The molecule has 0 radical (unpaired) electrons. The molecule has 3 heterocycles. The lowest BCUT2D eigenvalue weighted by atomic mass is 10.1. The van der Waals surface area contributed by atoms with Crippen molar-refractivity contribution in [2.24, 2.45) is 0 Å². The van der Waals surface area contributed by atoms with E-state index < -0.39 is 6.17 Å². The number of aryl methyl sites for hydroxylation is 2. The minimum atomic E-state index is -0.715. The maximum absolute atomic E-state index is 13.9. The number of thioether (sulfide) groups is 1. The summed E-state index contributed by atoms with van der Waals surface area (Å²) in [5.41, 5.74) is 2.04. The second-order valence-corrected chi connectivity index (χ2v) is 7.69. The zero-order chi connectivity index (χ0) is 15.5. The van der Waals surface area contributed by atoms with Gasteiger partial charge in [0.1, 0.15) is 11.9 Å². The van der Waals surface area contributed by atoms with Gasteiger partial charge in [-0.1, -0.05) is 5.16 Å². The Morgan fingerprint density at radius 2 is 2.32 bits per heavy atom. The van der Waals surface area contributed by atoms with Gasteiger partial charge in [-0.3, -0.25) is 4.90 Å². The van der Waals surface area contributed by atoms with E-state index in [1.54, 1.807) is 0 Å². The lowest BCUT2D eigenvalue weighted by molar-refractivity contribution is 0.224. The summed E-state index contributed by atoms with van der Waals surface area (Å²) in [7, 11) is 0. The van der Waals surface area contributed by atoms with Crippen molar-refractivity contribution >= 4 is 11.8 Å². The largest absolute Gasteiger partial charge is 0.361 e. The fourth-order valence-electron chi connectivity index (χ4n) is 3.46. The molecule has 6 heteroatoms. The van der Waals surface area contributed by atoms with Crippen molar-refractivity contribution in [1.82, 2.24) is 15.4 Å². The molecule has 1 aromatic heterocycles. The van der Waals surface area contributed by atoms with E-state index in [1.165, 1.54) is 24.3 Å². The van der Waals surface area contributed by atoms with E-state index in [2.05, 4.69) is 15.4 Å². The van der Waals surface area contributed by atoms with Crippen LogP contribution in [0.15, 0.2) is 4.52 Å². The van der Waals surface area contributed by atoms with E-state index in [0.29, 0.717) is 19.0 Å². The summed E-state index contributed by atoms with van der Waals surface area (Å²) in [6, 6.07) is 0.869. The predicted octanol–water partition coefficient (Wildman–Crippen LogP) is 2.69. The van der Waals surface area contributed by atoms with Gasteiger partial charge >= 0.3 is 0 Å². The molecule has 1 N–H and O–H groups in total. The summed E-state index contributed by atoms with van der Waals surface area (Å²) in [5.74, 6) is 3.33. The average molecular weight is 327 g/mol. The zero-order valence-electron chi connectivity index (χ0n) is 13.5. The first-order chi connectivity index (χ1) is 10.6. The first-order valence-corrected chi connectivity index (χ1v) is 9.40. The Balaban J connectivity index is 1.57. The number of halogens is 1. The standard InChI is InChI=1S/C16H26FN3OS/c1-11-16(12(2)21-19-11)9-20-8-13(17)6-15(20)7-18-14-4-3-5-22-10-14/h13-15,18H,3-10H2,1-2H3/t13-,14-,15-/m0/s1. The van der Waals surface area contributed by atoms with Crippen LogP contribution >= 0.6 is 11.8 Å². The van der Waals surface area contributed by atoms with E-state index >= 15 is 0 Å². The number of alkyl halides is 1. The van der Waals surface area contributed by atoms with Gasteiger partial charge in [0.05, 0.1) is 5.69 Å². The van der Waals surface area contributed by atoms with Crippen LogP contribution in [0.25, 0.3) is 0 Å². The van der Waals surface area contributed by atoms with Crippen molar-refractivity contribution in [2.45, 2.75) is 57.9 Å². The predicted molar refractivity (Wildman–Crippen MR) is 88.0 cm³/mol. The molecule has 0 aliphatic carbocycles. The molecule has 2 fully saturated rings. The maximum Gasteiger partial charge on any atom is 0.138 e. The molecule has 0 spiro atoms. The van der Waals surface area contributed by atoms with E-state index in [0.717, 1.165) is 30.1 Å². The molecule has 0 bridgehead atoms. The molecule has 124 valence electrons. The SMILES string of the molecule is Cc1noc(C)c1CN1C[C@@H](F)C[C@H]1CN[C@H]1CCCSC1. The summed E-state index contributed by atoms with van der Waals surface area (Å²) in [6.07, 6.45) is 2.47. The molecular weight excluding hydrogens is 301 g/mol. The third-order valence-corrected chi connectivity index (χ3v) is 6.04. The van der Waals surface area contributed by atoms with Gasteiger partial charge in [0.25, 0.3) is 0 Å². The van der Waals surface area contributed by atoms with Gasteiger partial charge in [-0.25, -0.2) is 4.39 Å². The molecule has 3 rings (SSSR count). The van der Waals surface area contributed by atoms with Gasteiger partial charge in [-0.2, -0.15) is 11.8 Å². The highest BCUT2D eigenvalue weighted by molar-refractivity contribution is 7.99. The Hall–Kier alpha value is -0.590. The second kappa shape index (κ2) is 7.32. The van der Waals surface area contributed by atoms with Gasteiger partial charge in [0.2, 0.25) is 0 Å². The molecule has 0 amide bonds. The van der Waals surface area contributed by atoms with Gasteiger partial charge < -0.3 is 9.84 Å². The first kappa shape index (κ1) is 16.3. The number of nitrogens with zero attached hydrogens (tertiary/aromatic N) is 2. The lowest BCUT2D eigenvalue weighted by Crippen LogP contribution is -2.43. The van der Waals surface area contributed by atoms with Gasteiger partial charge in [-0.15, -0.1) is 0 Å². The minimum Gasteiger partial charge on any atom is -0.361 e. The highest BCUT2D eigenvalue weighted by Crippen LogP contribution is 2.25. The third-order valence-electron chi connectivity index (χ3n) is 4.82. The highest BCUT2D eigenvalue weighted by Gasteiger charge is 2.33. The zero-order valence-corrected chi connectivity index (χ0v) is 14.3. The average Bonchev–Trinajstić information content (AvgIpc) is 3.03. The molecule has 1 aromatic rings. The third kappa shape index (κ3) is 3.84. The first-order valence-electron chi connectivity index (χ1n) is 8.24. The van der Waals surface area contributed by atoms with Crippen LogP contribution in [0.3, 0.4) is 0 Å². The van der Waals surface area contributed by atoms with Crippen LogP contribution in [0.5, 0.6) is 0 Å². The van der Waals surface area contributed by atoms with Crippen LogP contribution in [0.1, 0.15) is 36.3 Å². The molecule has 4 nitrogen and oxygen atoms in total. The molecule has 0 aromatic carbocycles. The van der Waals surface area contributed by atoms with E-state index in [-0.39, 0.29) is 6.04 Å². The molecule has 2 saturated heterocycles. The number of hydrogen-bond acceptors (Lipinski definition) is 5. The Morgan fingerprint density at radius 3 is 3.00 bits per heavy atom. The van der Waals surface area contributed by atoms with Gasteiger partial charge in [-0.05, 0) is 38.9 Å². The second-order valence-electron chi connectivity index (χ2n) is 6.54. The number of likely N-dealkylation sites (tertiary alicyclic amines) is 1. The summed E-state index contributed by atoms with van der Waals surface area (Å²) in [5, 5.41) is 7.66. The monoisotopic (exact) mass is 327 g/mol. The smallest absolute Gasteiger partial charge is 0.138 e. The fourth-order valence-corrected chi connectivity index (χ4v) is 4.57. The van der Waals surface area contributed by atoms with Crippen LogP contribution in [0.2, 0.25) is 0 Å². The molecule has 2 aliphatic heterocycles. The topological polar surface area (TPSA) is 41.3 Å². The number of nitrogens with one attached hydrogen (secondary N) is 1. The van der Waals surface area contributed by atoms with Crippen molar-refractivity contribution in [3.05, 3.63) is 17.0 Å². The Bertz CT molecular complexity index is 470. The molecule has 3 atom stereocenters. The van der Waals surface area contributed by atoms with Crippen LogP contribution in [0.4, 0.5) is 4.39 Å². The molecule has 2 aliphatic rings. The Morgan fingerprint density at radius 1 is 1.45 bits per heavy atom. The molecular formula is C16H26FN3OS. The van der Waals surface area contributed by atoms with Gasteiger partial charge in [0, 0.05) is 43.0 Å². The number of aromatic nitrogens is 1. The van der Waals surface area contributed by atoms with Crippen LogP contribution in [-0.4, -0.2) is 52.9 Å². The quantitative estimate of drug-likeness (QED) is 0.900. The lowest BCUT2D eigenvalue weighted by Gasteiger charge is -2.28. The van der Waals surface area contributed by atoms with Crippen LogP contribution in [-0.2, 0) is 6.54 Å². The number of hydrogen-bond donors (Lipinski definition) is 1. The van der Waals surface area contributed by atoms with E-state index in [1.807, 2.05) is 25.6 Å². The summed E-state index contributed by atoms with van der Waals surface area (Å²) >= 11 is 2.02. The minimum absolute atomic E-state index is 0.274. The van der Waals surface area contributed by atoms with E-state index in [9.17, 15) is 4.39 Å². The molecule has 22 heavy (non-hydrogen) atoms. The summed E-state index contributed by atoms with van der Waals surface area (Å²) < 4.78 is 19.1. The highest BCUT2D eigenvalue weighted by atomic mass is 32.2. The number of rotatable bonds is 5. The summed E-state index contributed by atoms with van der Waals surface area (Å²) in [6.45, 7) is 6.05. The summed E-state index contributed by atoms with van der Waals surface area (Å²) in [4.78, 5) is 2.25. The van der Waals surface area contributed by atoms with Crippen molar-refractivity contribution in [2.75, 3.05) is 24.6 Å². The van der Waals surface area contributed by atoms with Crippen LogP contribution in [0, 0.1) is 13.8 Å². The van der Waals surface area contributed by atoms with E-state index in [4.69, 9.17) is 4.52 Å². The van der Waals surface area contributed by atoms with Crippen molar-refractivity contribution in [3.63, 3.8) is 0 Å². The normalized spacial score (nSPS) is 30.0. The fraction of sp³-hybridized carbons (Fsp3) is 0.812. The Labute approximate surface area is 136 Å². The Kier molecular flexibility index (Phi) is 5.42. The molecule has 0 unspecified atom stereocenters. The van der Waals surface area contributed by atoms with Crippen molar-refractivity contribution in [3.8, 4) is 0 Å². The maximum atomic E-state index is 13.9. The van der Waals surface area contributed by atoms with Gasteiger partial charge in [0.15, 0.2) is 0 Å². The molecule has 0 saturated carbocycles.